The summed E-state index contributed by atoms with van der Waals surface area (Å²) >= 11 is 5.74. The van der Waals surface area contributed by atoms with Gasteiger partial charge in [0.05, 0.1) is 6.54 Å². The second-order valence-electron chi connectivity index (χ2n) is 3.82. The maximum absolute atomic E-state index is 11.2. The molecular weight excluding hydrogens is 238 g/mol. The lowest BCUT2D eigenvalue weighted by atomic mass is 10.3. The lowest BCUT2D eigenvalue weighted by Gasteiger charge is -2.06. The van der Waals surface area contributed by atoms with Gasteiger partial charge in [0, 0.05) is 11.1 Å². The average molecular weight is 254 g/mol. The van der Waals surface area contributed by atoms with Crippen molar-refractivity contribution in [1.29, 1.82) is 0 Å². The molecule has 1 amide bonds. The van der Waals surface area contributed by atoms with Crippen LogP contribution in [0.25, 0.3) is 0 Å². The van der Waals surface area contributed by atoms with Gasteiger partial charge in [-0.25, -0.2) is 0 Å². The lowest BCUT2D eigenvalue weighted by Crippen LogP contribution is -2.26. The number of nitrogens with one attached hydrogen (secondary N) is 1. The van der Waals surface area contributed by atoms with Gasteiger partial charge >= 0.3 is 0 Å². The number of benzene rings is 1. The highest BCUT2D eigenvalue weighted by Crippen LogP contribution is 2.14. The molecule has 0 spiro atoms. The van der Waals surface area contributed by atoms with E-state index in [9.17, 15) is 4.79 Å². The van der Waals surface area contributed by atoms with E-state index in [4.69, 9.17) is 16.3 Å². The number of carbonyl (C=O) groups is 1. The van der Waals surface area contributed by atoms with Crippen LogP contribution >= 0.6 is 11.6 Å². The highest BCUT2D eigenvalue weighted by molar-refractivity contribution is 6.30. The van der Waals surface area contributed by atoms with Crippen molar-refractivity contribution in [3.8, 4) is 5.75 Å². The van der Waals surface area contributed by atoms with Gasteiger partial charge in [-0.15, -0.1) is 0 Å². The molecule has 0 fully saturated rings. The van der Waals surface area contributed by atoms with Gasteiger partial charge in [0.1, 0.15) is 12.4 Å². The van der Waals surface area contributed by atoms with Gasteiger partial charge in [-0.2, -0.15) is 0 Å². The molecule has 0 aliphatic rings. The van der Waals surface area contributed by atoms with Crippen LogP contribution in [0.15, 0.2) is 35.9 Å². The smallest absolute Gasteiger partial charge is 0.244 e. The van der Waals surface area contributed by atoms with Crippen LogP contribution in [0.1, 0.15) is 13.8 Å². The van der Waals surface area contributed by atoms with Gasteiger partial charge in [0.25, 0.3) is 0 Å². The summed E-state index contributed by atoms with van der Waals surface area (Å²) in [5.41, 5.74) is 0.973. The predicted molar refractivity (Wildman–Crippen MR) is 69.4 cm³/mol. The molecule has 0 bridgehead atoms. The van der Waals surface area contributed by atoms with Crippen LogP contribution < -0.4 is 10.1 Å². The summed E-state index contributed by atoms with van der Waals surface area (Å²) in [7, 11) is 0. The minimum atomic E-state index is -0.0929. The molecule has 0 unspecified atom stereocenters. The topological polar surface area (TPSA) is 38.3 Å². The Hall–Kier alpha value is -1.48. The zero-order chi connectivity index (χ0) is 12.7. The second kappa shape index (κ2) is 6.97. The van der Waals surface area contributed by atoms with Crippen molar-refractivity contribution in [3.05, 3.63) is 40.9 Å². The predicted octanol–water partition coefficient (Wildman–Crippen LogP) is 2.80. The summed E-state index contributed by atoms with van der Waals surface area (Å²) < 4.78 is 5.42. The van der Waals surface area contributed by atoms with E-state index in [1.807, 2.05) is 13.8 Å². The third kappa shape index (κ3) is 5.97. The number of allylic oxidation sites excluding steroid dienone is 1. The molecule has 0 atom stereocenters. The molecule has 3 nitrogen and oxygen atoms in total. The van der Waals surface area contributed by atoms with Crippen LogP contribution in [0.4, 0.5) is 0 Å². The van der Waals surface area contributed by atoms with E-state index in [2.05, 4.69) is 5.32 Å². The van der Waals surface area contributed by atoms with Gasteiger partial charge in [-0.1, -0.05) is 17.2 Å². The third-order valence-electron chi connectivity index (χ3n) is 1.90. The molecule has 1 aromatic carbocycles. The lowest BCUT2D eigenvalue weighted by molar-refractivity contribution is -0.116. The molecule has 0 saturated heterocycles. The number of hydrogen-bond donors (Lipinski definition) is 1. The molecule has 17 heavy (non-hydrogen) atoms. The Balaban J connectivity index is 2.22. The second-order valence-corrected chi connectivity index (χ2v) is 4.25. The molecule has 0 heterocycles. The maximum Gasteiger partial charge on any atom is 0.244 e. The van der Waals surface area contributed by atoms with Crippen molar-refractivity contribution >= 4 is 17.5 Å². The Morgan fingerprint density at radius 2 is 2.00 bits per heavy atom. The molecule has 0 aliphatic carbocycles. The summed E-state index contributed by atoms with van der Waals surface area (Å²) in [5, 5.41) is 3.40. The molecule has 4 heteroatoms. The molecule has 92 valence electrons. The Morgan fingerprint density at radius 3 is 2.59 bits per heavy atom. The molecular formula is C13H16ClNO2. The van der Waals surface area contributed by atoms with E-state index in [0.717, 1.165) is 11.3 Å². The van der Waals surface area contributed by atoms with Crippen molar-refractivity contribution in [2.75, 3.05) is 13.2 Å². The maximum atomic E-state index is 11.2. The number of amides is 1. The van der Waals surface area contributed by atoms with Crippen molar-refractivity contribution in [3.63, 3.8) is 0 Å². The number of halogens is 1. The SMILES string of the molecule is CC(C)=CC(=O)NCCOc1ccc(Cl)cc1. The van der Waals surface area contributed by atoms with Gasteiger partial charge in [-0.05, 0) is 38.1 Å². The fourth-order valence-corrected chi connectivity index (χ4v) is 1.31. The Labute approximate surface area is 106 Å². The Bertz CT molecular complexity index is 394. The van der Waals surface area contributed by atoms with Gasteiger partial charge in [-0.3, -0.25) is 4.79 Å². The first-order valence-electron chi connectivity index (χ1n) is 5.39. The summed E-state index contributed by atoms with van der Waals surface area (Å²) in [5.74, 6) is 0.649. The fraction of sp³-hybridized carbons (Fsp3) is 0.308. The Morgan fingerprint density at radius 1 is 1.35 bits per heavy atom. The first-order chi connectivity index (χ1) is 8.08. The van der Waals surface area contributed by atoms with E-state index in [1.54, 1.807) is 30.3 Å². The van der Waals surface area contributed by atoms with Gasteiger partial charge < -0.3 is 10.1 Å². The van der Waals surface area contributed by atoms with Crippen molar-refractivity contribution < 1.29 is 9.53 Å². The monoisotopic (exact) mass is 253 g/mol. The summed E-state index contributed by atoms with van der Waals surface area (Å²) in [4.78, 5) is 11.2. The molecule has 1 N–H and O–H groups in total. The molecule has 0 aliphatic heterocycles. The molecule has 1 aromatic rings. The van der Waals surface area contributed by atoms with Crippen LogP contribution in [0.5, 0.6) is 5.75 Å². The number of ether oxygens (including phenoxy) is 1. The van der Waals surface area contributed by atoms with E-state index >= 15 is 0 Å². The molecule has 0 saturated carbocycles. The van der Waals surface area contributed by atoms with Gasteiger partial charge in [0.15, 0.2) is 0 Å². The van der Waals surface area contributed by atoms with Gasteiger partial charge in [0.2, 0.25) is 5.91 Å². The van der Waals surface area contributed by atoms with E-state index in [0.29, 0.717) is 18.2 Å². The third-order valence-corrected chi connectivity index (χ3v) is 2.16. The Kier molecular flexibility index (Phi) is 5.57. The van der Waals surface area contributed by atoms with Crippen LogP contribution in [-0.4, -0.2) is 19.1 Å². The normalized spacial score (nSPS) is 9.59. The number of hydrogen-bond acceptors (Lipinski definition) is 2. The van der Waals surface area contributed by atoms with E-state index in [-0.39, 0.29) is 5.91 Å². The first-order valence-corrected chi connectivity index (χ1v) is 5.77. The minimum absolute atomic E-state index is 0.0929. The van der Waals surface area contributed by atoms with Crippen LogP contribution in [0, 0.1) is 0 Å². The van der Waals surface area contributed by atoms with Crippen LogP contribution in [-0.2, 0) is 4.79 Å². The molecule has 0 radical (unpaired) electrons. The standard InChI is InChI=1S/C13H16ClNO2/c1-10(2)9-13(16)15-7-8-17-12-5-3-11(14)4-6-12/h3-6,9H,7-8H2,1-2H3,(H,15,16). The zero-order valence-electron chi connectivity index (χ0n) is 10.00. The zero-order valence-corrected chi connectivity index (χ0v) is 10.8. The summed E-state index contributed by atoms with van der Waals surface area (Å²) in [6.07, 6.45) is 1.56. The largest absolute Gasteiger partial charge is 0.492 e. The van der Waals surface area contributed by atoms with Crippen molar-refractivity contribution in [2.45, 2.75) is 13.8 Å². The number of rotatable bonds is 5. The van der Waals surface area contributed by atoms with Crippen molar-refractivity contribution in [2.24, 2.45) is 0 Å². The minimum Gasteiger partial charge on any atom is -0.492 e. The summed E-state index contributed by atoms with van der Waals surface area (Å²) in [6, 6.07) is 7.11. The quantitative estimate of drug-likeness (QED) is 0.647. The highest BCUT2D eigenvalue weighted by Gasteiger charge is 1.96. The fourth-order valence-electron chi connectivity index (χ4n) is 1.19. The van der Waals surface area contributed by atoms with E-state index < -0.39 is 0 Å². The highest BCUT2D eigenvalue weighted by atomic mass is 35.5. The molecule has 0 aromatic heterocycles. The van der Waals surface area contributed by atoms with Crippen molar-refractivity contribution in [1.82, 2.24) is 5.32 Å². The van der Waals surface area contributed by atoms with E-state index in [1.165, 1.54) is 0 Å². The van der Waals surface area contributed by atoms with Crippen LogP contribution in [0.2, 0.25) is 5.02 Å². The van der Waals surface area contributed by atoms with Crippen LogP contribution in [0.3, 0.4) is 0 Å². The first kappa shape index (κ1) is 13.6. The summed E-state index contributed by atoms with van der Waals surface area (Å²) in [6.45, 7) is 4.67. The number of carbonyl (C=O) groups excluding carboxylic acids is 1. The average Bonchev–Trinajstić information content (AvgIpc) is 2.26. The molecule has 1 rings (SSSR count).